The number of nitrogens with two attached hydrogens (primary N) is 1. The number of benzene rings is 1. The molecular weight excluding hydrogens is 428 g/mol. The summed E-state index contributed by atoms with van der Waals surface area (Å²) < 4.78 is 5.92. The lowest BCUT2D eigenvalue weighted by molar-refractivity contribution is -0.115. The zero-order chi connectivity index (χ0) is 22.5. The van der Waals surface area contributed by atoms with Crippen LogP contribution in [0.3, 0.4) is 0 Å². The topological polar surface area (TPSA) is 170 Å². The number of ether oxygens (including phenoxy) is 1. The molecular formula is C19H16N4O7S. The number of imide groups is 1. The van der Waals surface area contributed by atoms with Gasteiger partial charge in [0.25, 0.3) is 22.6 Å². The van der Waals surface area contributed by atoms with Crippen LogP contribution in [0.15, 0.2) is 44.8 Å². The average Bonchev–Trinajstić information content (AvgIpc) is 3.02. The monoisotopic (exact) mass is 444 g/mol. The number of H-pyrrole nitrogens is 1. The number of carbonyl (C=O) groups excluding carboxylic acids is 4. The predicted octanol–water partition coefficient (Wildman–Crippen LogP) is 0.459. The highest BCUT2D eigenvalue weighted by atomic mass is 32.2. The van der Waals surface area contributed by atoms with Gasteiger partial charge in [-0.15, -0.1) is 0 Å². The maximum Gasteiger partial charge on any atom is 0.335 e. The highest BCUT2D eigenvalue weighted by Gasteiger charge is 2.24. The third-order valence-electron chi connectivity index (χ3n) is 4.07. The molecule has 0 spiro atoms. The molecule has 0 atom stereocenters. The Morgan fingerprint density at radius 3 is 2.42 bits per heavy atom. The molecule has 1 fully saturated rings. The molecule has 0 radical (unpaired) electrons. The van der Waals surface area contributed by atoms with E-state index in [4.69, 9.17) is 10.5 Å². The summed E-state index contributed by atoms with van der Waals surface area (Å²) in [7, 11) is 0. The third kappa shape index (κ3) is 5.36. The minimum atomic E-state index is -1.03. The number of amides is 3. The van der Waals surface area contributed by atoms with Crippen molar-refractivity contribution in [2.24, 2.45) is 5.73 Å². The van der Waals surface area contributed by atoms with Crippen molar-refractivity contribution in [3.63, 3.8) is 0 Å². The molecule has 1 aliphatic heterocycles. The molecule has 1 aromatic heterocycles. The molecule has 1 aliphatic rings. The summed E-state index contributed by atoms with van der Waals surface area (Å²) in [6, 6.07) is 7.50. The van der Waals surface area contributed by atoms with Crippen LogP contribution in [-0.2, 0) is 4.79 Å². The van der Waals surface area contributed by atoms with Gasteiger partial charge in [0.15, 0.2) is 0 Å². The zero-order valence-corrected chi connectivity index (χ0v) is 16.7. The van der Waals surface area contributed by atoms with E-state index in [1.165, 1.54) is 0 Å². The van der Waals surface area contributed by atoms with Crippen LogP contribution in [0.2, 0.25) is 0 Å². The second-order valence-corrected chi connectivity index (χ2v) is 7.31. The van der Waals surface area contributed by atoms with Crippen LogP contribution < -0.4 is 27.0 Å². The van der Waals surface area contributed by atoms with E-state index in [1.54, 1.807) is 30.3 Å². The normalized spacial score (nSPS) is 14.5. The molecule has 0 unspecified atom stereocenters. The van der Waals surface area contributed by atoms with E-state index in [0.29, 0.717) is 20.8 Å². The van der Waals surface area contributed by atoms with Crippen LogP contribution in [0.1, 0.15) is 33.7 Å². The summed E-state index contributed by atoms with van der Waals surface area (Å²) in [5.41, 5.74) is 3.35. The Morgan fingerprint density at radius 1 is 1.13 bits per heavy atom. The summed E-state index contributed by atoms with van der Waals surface area (Å²) in [6.07, 6.45) is 1.67. The Labute approximate surface area is 178 Å². The van der Waals surface area contributed by atoms with E-state index in [2.05, 4.69) is 10.3 Å². The third-order valence-corrected chi connectivity index (χ3v) is 4.88. The molecule has 0 aliphatic carbocycles. The Morgan fingerprint density at radius 2 is 1.84 bits per heavy atom. The van der Waals surface area contributed by atoms with Crippen molar-refractivity contribution in [3.05, 3.63) is 67.3 Å². The molecule has 31 heavy (non-hydrogen) atoms. The minimum Gasteiger partial charge on any atom is -0.494 e. The van der Waals surface area contributed by atoms with E-state index in [9.17, 15) is 28.8 Å². The summed E-state index contributed by atoms with van der Waals surface area (Å²) >= 11 is 0.821. The fraction of sp³-hybridized carbons (Fsp3) is 0.158. The standard InChI is InChI=1S/C19H16N4O7S/c20-16(26)12-9-15(25)23(18(28)21-12)14(24)2-1-7-30-11-5-3-10(4-6-11)8-13-17(27)22-19(29)31-13/h3-6,8-9H,1-2,7H2,(H2,20,26)(H,21,28)(H,22,27,29). The van der Waals surface area contributed by atoms with Gasteiger partial charge in [0, 0.05) is 12.5 Å². The second-order valence-electron chi connectivity index (χ2n) is 6.29. The Hall–Kier alpha value is -3.93. The van der Waals surface area contributed by atoms with Crippen molar-refractivity contribution in [2.45, 2.75) is 12.8 Å². The number of thioether (sulfide) groups is 1. The van der Waals surface area contributed by atoms with Gasteiger partial charge in [0.05, 0.1) is 11.5 Å². The van der Waals surface area contributed by atoms with E-state index >= 15 is 0 Å². The molecule has 12 heteroatoms. The van der Waals surface area contributed by atoms with Crippen molar-refractivity contribution in [1.29, 1.82) is 0 Å². The van der Waals surface area contributed by atoms with Gasteiger partial charge in [-0.25, -0.2) is 4.79 Å². The zero-order valence-electron chi connectivity index (χ0n) is 15.9. The molecule has 1 saturated heterocycles. The van der Waals surface area contributed by atoms with Gasteiger partial charge in [-0.1, -0.05) is 12.1 Å². The van der Waals surface area contributed by atoms with Crippen LogP contribution in [-0.4, -0.2) is 39.1 Å². The van der Waals surface area contributed by atoms with Gasteiger partial charge < -0.3 is 15.5 Å². The van der Waals surface area contributed by atoms with Crippen LogP contribution >= 0.6 is 11.8 Å². The van der Waals surface area contributed by atoms with E-state index in [-0.39, 0.29) is 25.1 Å². The van der Waals surface area contributed by atoms with Crippen molar-refractivity contribution >= 4 is 40.8 Å². The lowest BCUT2D eigenvalue weighted by Crippen LogP contribution is -2.41. The summed E-state index contributed by atoms with van der Waals surface area (Å²) in [6.45, 7) is 0.144. The summed E-state index contributed by atoms with van der Waals surface area (Å²) in [5.74, 6) is -1.66. The molecule has 160 valence electrons. The molecule has 2 heterocycles. The van der Waals surface area contributed by atoms with Crippen LogP contribution in [0.5, 0.6) is 5.75 Å². The Bertz CT molecular complexity index is 1180. The fourth-order valence-corrected chi connectivity index (χ4v) is 3.30. The van der Waals surface area contributed by atoms with E-state index < -0.39 is 34.2 Å². The highest BCUT2D eigenvalue weighted by Crippen LogP contribution is 2.26. The van der Waals surface area contributed by atoms with Crippen molar-refractivity contribution < 1.29 is 23.9 Å². The number of aromatic amines is 1. The lowest BCUT2D eigenvalue weighted by Gasteiger charge is -2.07. The van der Waals surface area contributed by atoms with E-state index in [0.717, 1.165) is 17.8 Å². The number of carbonyl (C=O) groups is 4. The first-order valence-electron chi connectivity index (χ1n) is 8.91. The molecule has 11 nitrogen and oxygen atoms in total. The van der Waals surface area contributed by atoms with Crippen LogP contribution in [0, 0.1) is 0 Å². The molecule has 3 rings (SSSR count). The smallest absolute Gasteiger partial charge is 0.335 e. The Kier molecular flexibility index (Phi) is 6.50. The number of nitrogens with zero attached hydrogens (tertiary/aromatic N) is 1. The number of hydrogen-bond acceptors (Lipinski definition) is 8. The van der Waals surface area contributed by atoms with E-state index in [1.807, 2.05) is 0 Å². The van der Waals surface area contributed by atoms with Gasteiger partial charge >= 0.3 is 5.69 Å². The maximum atomic E-state index is 12.1. The first-order valence-corrected chi connectivity index (χ1v) is 9.73. The SMILES string of the molecule is NC(=O)c1cc(=O)n(C(=O)CCCOc2ccc(C=C3SC(=O)NC3=O)cc2)c(=O)[nH]1. The minimum absolute atomic E-state index is 0.135. The van der Waals surface area contributed by atoms with Crippen LogP contribution in [0.4, 0.5) is 4.79 Å². The molecule has 4 N–H and O–H groups in total. The largest absolute Gasteiger partial charge is 0.494 e. The fourth-order valence-electron chi connectivity index (χ4n) is 2.62. The Balaban J connectivity index is 1.53. The van der Waals surface area contributed by atoms with Gasteiger partial charge in [0.1, 0.15) is 11.4 Å². The molecule has 0 bridgehead atoms. The maximum absolute atomic E-state index is 12.1. The van der Waals surface area contributed by atoms with Gasteiger partial charge in [-0.05, 0) is 42.0 Å². The van der Waals surface area contributed by atoms with Gasteiger partial charge in [-0.3, -0.25) is 29.3 Å². The second kappa shape index (κ2) is 9.26. The summed E-state index contributed by atoms with van der Waals surface area (Å²) in [4.78, 5) is 72.0. The van der Waals surface area contributed by atoms with Gasteiger partial charge in [-0.2, -0.15) is 4.57 Å². The number of primary amides is 1. The van der Waals surface area contributed by atoms with Crippen LogP contribution in [0.25, 0.3) is 6.08 Å². The number of hydrogen-bond donors (Lipinski definition) is 3. The first-order chi connectivity index (χ1) is 14.7. The first kappa shape index (κ1) is 21.8. The quantitative estimate of drug-likeness (QED) is 0.408. The predicted molar refractivity (Wildman–Crippen MR) is 111 cm³/mol. The average molecular weight is 444 g/mol. The number of nitrogens with one attached hydrogen (secondary N) is 2. The van der Waals surface area contributed by atoms with Gasteiger partial charge in [0.2, 0.25) is 5.91 Å². The molecule has 1 aromatic carbocycles. The highest BCUT2D eigenvalue weighted by molar-refractivity contribution is 8.18. The number of aromatic nitrogens is 2. The lowest BCUT2D eigenvalue weighted by atomic mass is 10.2. The van der Waals surface area contributed by atoms with Crippen molar-refractivity contribution in [3.8, 4) is 5.75 Å². The molecule has 3 amide bonds. The molecule has 2 aromatic rings. The number of rotatable bonds is 7. The van der Waals surface area contributed by atoms with Crippen molar-refractivity contribution in [1.82, 2.24) is 14.9 Å². The molecule has 0 saturated carbocycles. The van der Waals surface area contributed by atoms with Crippen molar-refractivity contribution in [2.75, 3.05) is 6.61 Å². The summed E-state index contributed by atoms with van der Waals surface area (Å²) in [5, 5.41) is 1.75.